The third-order valence-electron chi connectivity index (χ3n) is 10.1. The molecule has 0 spiro atoms. The van der Waals surface area contributed by atoms with Gasteiger partial charge in [0.2, 0.25) is 0 Å². The van der Waals surface area contributed by atoms with Gasteiger partial charge in [-0.1, -0.05) is 98.7 Å². The summed E-state index contributed by atoms with van der Waals surface area (Å²) in [7, 11) is 0. The molecule has 5 heterocycles. The highest BCUT2D eigenvalue weighted by molar-refractivity contribution is 7.26. The van der Waals surface area contributed by atoms with E-state index in [0.717, 1.165) is 33.2 Å². The van der Waals surface area contributed by atoms with E-state index in [0.29, 0.717) is 22.7 Å². The number of hydrogen-bond donors (Lipinski definition) is 0. The summed E-state index contributed by atoms with van der Waals surface area (Å²) in [5.74, 6) is 0.377. The maximum Gasteiger partial charge on any atom is 0.160 e. The first-order valence-corrected chi connectivity index (χ1v) is 16.8. The second-order valence-electron chi connectivity index (χ2n) is 13.1. The Morgan fingerprint density at radius 3 is 2.44 bits per heavy atom. The first kappa shape index (κ1) is 22.7. The van der Waals surface area contributed by atoms with E-state index < -0.39 is 0 Å². The molecule has 4 aromatic heterocycles. The first-order valence-electron chi connectivity index (χ1n) is 18.0. The van der Waals surface area contributed by atoms with Crippen LogP contribution in [0.3, 0.4) is 0 Å². The van der Waals surface area contributed by atoms with Crippen LogP contribution in [0.4, 0.5) is 0 Å². The Bertz CT molecular complexity index is 3230. The second-order valence-corrected chi connectivity index (χ2v) is 14.1. The lowest BCUT2D eigenvalue weighted by molar-refractivity contribution is 0.630. The molecule has 0 fully saturated rings. The maximum absolute atomic E-state index is 9.00. The molecule has 48 heavy (non-hydrogen) atoms. The fourth-order valence-corrected chi connectivity index (χ4v) is 9.10. The summed E-state index contributed by atoms with van der Waals surface area (Å²) in [5, 5.41) is 4.62. The van der Waals surface area contributed by atoms with Gasteiger partial charge in [-0.2, -0.15) is 0 Å². The van der Waals surface area contributed by atoms with Crippen molar-refractivity contribution in [3.05, 3.63) is 138 Å². The van der Waals surface area contributed by atoms with Gasteiger partial charge in [-0.15, -0.1) is 11.3 Å². The maximum atomic E-state index is 9.00. The fraction of sp³-hybridized carbons (Fsp3) is 0.0698. The van der Waals surface area contributed by atoms with Crippen LogP contribution in [0.2, 0.25) is 0 Å². The van der Waals surface area contributed by atoms with E-state index in [1.165, 1.54) is 36.8 Å². The zero-order valence-corrected chi connectivity index (χ0v) is 26.8. The van der Waals surface area contributed by atoms with Crippen LogP contribution in [0.5, 0.6) is 0 Å². The van der Waals surface area contributed by atoms with E-state index in [1.807, 2.05) is 59.9 Å². The molecule has 0 saturated carbocycles. The van der Waals surface area contributed by atoms with Crippen molar-refractivity contribution in [1.82, 2.24) is 14.5 Å². The molecule has 0 atom stereocenters. The monoisotopic (exact) mass is 637 g/mol. The molecule has 6 aromatic carbocycles. The zero-order valence-electron chi connectivity index (χ0n) is 30.0. The van der Waals surface area contributed by atoms with Crippen LogP contribution in [-0.2, 0) is 5.41 Å². The minimum absolute atomic E-state index is 0.167. The Kier molecular flexibility index (Phi) is 4.34. The van der Waals surface area contributed by atoms with Crippen molar-refractivity contribution >= 4 is 75.4 Å². The van der Waals surface area contributed by atoms with Crippen LogP contribution < -0.4 is 0 Å². The van der Waals surface area contributed by atoms with E-state index in [-0.39, 0.29) is 40.5 Å². The number of hydrogen-bond acceptors (Lipinski definition) is 4. The van der Waals surface area contributed by atoms with Gasteiger partial charge in [0.05, 0.1) is 38.1 Å². The fourth-order valence-electron chi connectivity index (χ4n) is 7.89. The van der Waals surface area contributed by atoms with Gasteiger partial charge in [0, 0.05) is 48.2 Å². The average Bonchev–Trinajstić information content (AvgIpc) is 3.84. The zero-order chi connectivity index (χ0) is 35.2. The summed E-state index contributed by atoms with van der Waals surface area (Å²) in [6.07, 6.45) is 0. The van der Waals surface area contributed by atoms with Gasteiger partial charge in [0.25, 0.3) is 0 Å². The van der Waals surface area contributed by atoms with Crippen LogP contribution in [0.1, 0.15) is 30.5 Å². The number of rotatable bonds is 2. The van der Waals surface area contributed by atoms with Gasteiger partial charge < -0.3 is 8.98 Å². The number of nitrogens with zero attached hydrogens (tertiary/aromatic N) is 3. The molecule has 5 heteroatoms. The molecule has 0 unspecified atom stereocenters. The van der Waals surface area contributed by atoms with E-state index in [4.69, 9.17) is 19.9 Å². The summed E-state index contributed by atoms with van der Waals surface area (Å²) in [6, 6.07) is 34.2. The molecule has 11 rings (SSSR count). The lowest BCUT2D eigenvalue weighted by Gasteiger charge is -2.35. The van der Waals surface area contributed by atoms with Crippen molar-refractivity contribution in [3.63, 3.8) is 0 Å². The predicted octanol–water partition coefficient (Wildman–Crippen LogP) is 11.8. The highest BCUT2D eigenvalue weighted by Crippen LogP contribution is 2.51. The topological polar surface area (TPSA) is 43.9 Å². The molecule has 0 radical (unpaired) electrons. The Morgan fingerprint density at radius 2 is 1.50 bits per heavy atom. The molecular weight excluding hydrogens is 607 g/mol. The molecule has 1 aliphatic heterocycles. The molecule has 0 amide bonds. The molecule has 226 valence electrons. The minimum atomic E-state index is -0.361. The summed E-state index contributed by atoms with van der Waals surface area (Å²) >= 11 is 1.84. The number of thiophene rings is 1. The molecule has 10 aromatic rings. The second kappa shape index (κ2) is 9.18. The van der Waals surface area contributed by atoms with Gasteiger partial charge in [0.15, 0.2) is 5.82 Å². The Labute approximate surface area is 285 Å². The molecule has 0 N–H and O–H groups in total. The molecule has 1 aliphatic rings. The Balaban J connectivity index is 1.21. The normalized spacial score (nSPS) is 15.0. The standard InChI is InChI=1S/C43H27N3OS/c1-43(2)31-17-10-16-30-38(31)46(39-28-13-5-8-20-36(28)48-41(30)39)34-22-21-24(23-32(34)43)42-44-33-18-6-3-12-27(33)37(45-42)29-15-9-14-26-25-11-4-7-19-35(25)47-40(26)29/h3-23H,1-2H3/i3D,6D,12D,18D. The minimum Gasteiger partial charge on any atom is -0.455 e. The smallest absolute Gasteiger partial charge is 0.160 e. The van der Waals surface area contributed by atoms with Gasteiger partial charge in [-0.05, 0) is 53.6 Å². The lowest BCUT2D eigenvalue weighted by atomic mass is 9.74. The number of aromatic nitrogens is 3. The highest BCUT2D eigenvalue weighted by atomic mass is 32.1. The van der Waals surface area contributed by atoms with Crippen molar-refractivity contribution in [2.24, 2.45) is 0 Å². The molecule has 0 bridgehead atoms. The van der Waals surface area contributed by atoms with Crippen LogP contribution in [0.25, 0.3) is 92.4 Å². The van der Waals surface area contributed by atoms with Crippen LogP contribution >= 0.6 is 11.3 Å². The van der Waals surface area contributed by atoms with E-state index >= 15 is 0 Å². The largest absolute Gasteiger partial charge is 0.455 e. The summed E-state index contributed by atoms with van der Waals surface area (Å²) in [4.78, 5) is 10.1. The van der Waals surface area contributed by atoms with Crippen molar-refractivity contribution in [1.29, 1.82) is 0 Å². The van der Waals surface area contributed by atoms with Gasteiger partial charge in [-0.25, -0.2) is 9.97 Å². The van der Waals surface area contributed by atoms with E-state index in [2.05, 4.69) is 73.0 Å². The quantitative estimate of drug-likeness (QED) is 0.189. The first-order chi connectivity index (χ1) is 25.2. The average molecular weight is 638 g/mol. The van der Waals surface area contributed by atoms with Crippen LogP contribution in [0.15, 0.2) is 132 Å². The van der Waals surface area contributed by atoms with Gasteiger partial charge in [-0.3, -0.25) is 0 Å². The van der Waals surface area contributed by atoms with Gasteiger partial charge in [0.1, 0.15) is 11.2 Å². The third-order valence-corrected chi connectivity index (χ3v) is 11.3. The van der Waals surface area contributed by atoms with E-state index in [9.17, 15) is 0 Å². The number of benzene rings is 6. The van der Waals surface area contributed by atoms with Crippen molar-refractivity contribution in [2.45, 2.75) is 19.3 Å². The van der Waals surface area contributed by atoms with Crippen LogP contribution in [0, 0.1) is 0 Å². The SMILES string of the molecule is [2H]c1c([2H])c([2H])c2c(-c3cccc4c3oc3ccccc34)nc(-c3ccc4c(c3)C(C)(C)c3cccc5c6sc7ccccc7c6n-4c35)nc2c1[2H]. The number of fused-ring (bicyclic) bond motifs is 11. The Morgan fingerprint density at radius 1 is 0.708 bits per heavy atom. The molecule has 4 nitrogen and oxygen atoms in total. The predicted molar refractivity (Wildman–Crippen MR) is 200 cm³/mol. The lowest BCUT2D eigenvalue weighted by Crippen LogP contribution is -2.26. The van der Waals surface area contributed by atoms with E-state index in [1.54, 1.807) is 0 Å². The number of para-hydroxylation sites is 4. The third kappa shape index (κ3) is 3.33. The molecule has 0 aliphatic carbocycles. The van der Waals surface area contributed by atoms with Gasteiger partial charge >= 0.3 is 0 Å². The highest BCUT2D eigenvalue weighted by Gasteiger charge is 2.36. The Hall–Kier alpha value is -5.78. The molecular formula is C43H27N3OS. The molecule has 0 saturated heterocycles. The van der Waals surface area contributed by atoms with Crippen molar-refractivity contribution in [3.8, 4) is 28.3 Å². The number of furan rings is 1. The van der Waals surface area contributed by atoms with Crippen molar-refractivity contribution in [2.75, 3.05) is 0 Å². The summed E-state index contributed by atoms with van der Waals surface area (Å²) in [5.41, 5.74) is 8.86. The van der Waals surface area contributed by atoms with Crippen LogP contribution in [-0.4, -0.2) is 14.5 Å². The summed E-state index contributed by atoms with van der Waals surface area (Å²) < 4.78 is 46.4. The van der Waals surface area contributed by atoms with Crippen molar-refractivity contribution < 1.29 is 9.90 Å². The summed E-state index contributed by atoms with van der Waals surface area (Å²) in [6.45, 7) is 4.52.